The molecule has 0 radical (unpaired) electrons. The SMILES string of the molecule is CC1=C(N)N=CC(C)(N)C1. The zero-order valence-electron chi connectivity index (χ0n) is 6.39. The molecule has 0 aliphatic carbocycles. The summed E-state index contributed by atoms with van der Waals surface area (Å²) in [4.78, 5) is 3.97. The lowest BCUT2D eigenvalue weighted by Gasteiger charge is -2.23. The Bertz CT molecular complexity index is 201. The third-order valence-electron chi connectivity index (χ3n) is 1.58. The van der Waals surface area contributed by atoms with E-state index in [4.69, 9.17) is 11.5 Å². The maximum Gasteiger partial charge on any atom is 0.121 e. The largest absolute Gasteiger partial charge is 0.384 e. The Hall–Kier alpha value is -0.830. The maximum atomic E-state index is 5.79. The molecule has 0 aromatic rings. The van der Waals surface area contributed by atoms with Crippen LogP contribution in [0.5, 0.6) is 0 Å². The van der Waals surface area contributed by atoms with Gasteiger partial charge in [0, 0.05) is 6.21 Å². The quantitative estimate of drug-likeness (QED) is 0.509. The van der Waals surface area contributed by atoms with Gasteiger partial charge in [-0.05, 0) is 25.8 Å². The lowest BCUT2D eigenvalue weighted by Crippen LogP contribution is -2.40. The molecule has 1 atom stereocenters. The third kappa shape index (κ3) is 1.36. The van der Waals surface area contributed by atoms with E-state index in [-0.39, 0.29) is 5.54 Å². The van der Waals surface area contributed by atoms with E-state index in [2.05, 4.69) is 4.99 Å². The van der Waals surface area contributed by atoms with Gasteiger partial charge in [-0.2, -0.15) is 0 Å². The van der Waals surface area contributed by atoms with Crippen LogP contribution < -0.4 is 11.5 Å². The number of nitrogens with two attached hydrogens (primary N) is 2. The van der Waals surface area contributed by atoms with E-state index in [1.807, 2.05) is 13.8 Å². The fourth-order valence-electron chi connectivity index (χ4n) is 1.03. The average molecular weight is 139 g/mol. The van der Waals surface area contributed by atoms with Crippen LogP contribution in [0.15, 0.2) is 16.4 Å². The minimum Gasteiger partial charge on any atom is -0.384 e. The molecule has 1 heterocycles. The summed E-state index contributed by atoms with van der Waals surface area (Å²) >= 11 is 0. The van der Waals surface area contributed by atoms with E-state index in [0.717, 1.165) is 12.0 Å². The Balaban J connectivity index is 2.85. The Labute approximate surface area is 60.8 Å². The van der Waals surface area contributed by atoms with Crippen molar-refractivity contribution < 1.29 is 0 Å². The van der Waals surface area contributed by atoms with Crippen LogP contribution in [0, 0.1) is 0 Å². The van der Waals surface area contributed by atoms with Crippen LogP contribution in [0.4, 0.5) is 0 Å². The number of nitrogens with zero attached hydrogens (tertiary/aromatic N) is 1. The van der Waals surface area contributed by atoms with Crippen LogP contribution >= 0.6 is 0 Å². The molecule has 1 rings (SSSR count). The van der Waals surface area contributed by atoms with E-state index in [0.29, 0.717) is 5.82 Å². The zero-order chi connectivity index (χ0) is 7.78. The van der Waals surface area contributed by atoms with Gasteiger partial charge in [0.05, 0.1) is 5.54 Å². The molecule has 0 spiro atoms. The molecule has 0 saturated carbocycles. The fraction of sp³-hybridized carbons (Fsp3) is 0.571. The van der Waals surface area contributed by atoms with Crippen molar-refractivity contribution in [3.63, 3.8) is 0 Å². The van der Waals surface area contributed by atoms with Crippen molar-refractivity contribution in [3.05, 3.63) is 11.4 Å². The van der Waals surface area contributed by atoms with E-state index in [1.165, 1.54) is 0 Å². The number of rotatable bonds is 0. The van der Waals surface area contributed by atoms with E-state index in [9.17, 15) is 0 Å². The Kier molecular flexibility index (Phi) is 1.52. The smallest absolute Gasteiger partial charge is 0.121 e. The predicted octanol–water partition coefficient (Wildman–Crippen LogP) is 0.368. The molecule has 0 saturated heterocycles. The van der Waals surface area contributed by atoms with E-state index >= 15 is 0 Å². The Morgan fingerprint density at radius 2 is 2.30 bits per heavy atom. The highest BCUT2D eigenvalue weighted by Crippen LogP contribution is 2.18. The van der Waals surface area contributed by atoms with Crippen molar-refractivity contribution in [2.24, 2.45) is 16.5 Å². The second-order valence-electron chi connectivity index (χ2n) is 3.11. The molecule has 3 nitrogen and oxygen atoms in total. The highest BCUT2D eigenvalue weighted by molar-refractivity contribution is 5.72. The second kappa shape index (κ2) is 2.09. The number of hydrogen-bond donors (Lipinski definition) is 2. The van der Waals surface area contributed by atoms with Crippen LogP contribution in [0.25, 0.3) is 0 Å². The molecule has 56 valence electrons. The Morgan fingerprint density at radius 1 is 1.70 bits per heavy atom. The molecular weight excluding hydrogens is 126 g/mol. The summed E-state index contributed by atoms with van der Waals surface area (Å²) < 4.78 is 0. The maximum absolute atomic E-state index is 5.79. The summed E-state index contributed by atoms with van der Waals surface area (Å²) in [6.07, 6.45) is 2.51. The van der Waals surface area contributed by atoms with Gasteiger partial charge in [-0.25, -0.2) is 4.99 Å². The van der Waals surface area contributed by atoms with Gasteiger partial charge >= 0.3 is 0 Å². The van der Waals surface area contributed by atoms with Crippen molar-refractivity contribution in [1.29, 1.82) is 0 Å². The van der Waals surface area contributed by atoms with Crippen molar-refractivity contribution in [2.45, 2.75) is 25.8 Å². The molecule has 0 bridgehead atoms. The zero-order valence-corrected chi connectivity index (χ0v) is 6.39. The predicted molar refractivity (Wildman–Crippen MR) is 42.6 cm³/mol. The molecule has 0 aromatic carbocycles. The summed E-state index contributed by atoms with van der Waals surface area (Å²) in [6, 6.07) is 0. The van der Waals surface area contributed by atoms with Crippen molar-refractivity contribution in [1.82, 2.24) is 0 Å². The van der Waals surface area contributed by atoms with E-state index in [1.54, 1.807) is 6.21 Å². The first kappa shape index (κ1) is 7.28. The summed E-state index contributed by atoms with van der Waals surface area (Å²) in [6.45, 7) is 3.89. The van der Waals surface area contributed by atoms with Gasteiger partial charge in [0.2, 0.25) is 0 Å². The monoisotopic (exact) mass is 139 g/mol. The highest BCUT2D eigenvalue weighted by atomic mass is 14.9. The molecule has 1 aliphatic rings. The van der Waals surface area contributed by atoms with Crippen LogP contribution in [-0.2, 0) is 0 Å². The van der Waals surface area contributed by atoms with Gasteiger partial charge in [0.1, 0.15) is 5.82 Å². The summed E-state index contributed by atoms with van der Waals surface area (Å²) in [7, 11) is 0. The van der Waals surface area contributed by atoms with Crippen LogP contribution in [0.2, 0.25) is 0 Å². The molecule has 1 unspecified atom stereocenters. The second-order valence-corrected chi connectivity index (χ2v) is 3.11. The molecule has 1 aliphatic heterocycles. The lowest BCUT2D eigenvalue weighted by molar-refractivity contribution is 0.613. The van der Waals surface area contributed by atoms with E-state index < -0.39 is 0 Å². The summed E-state index contributed by atoms with van der Waals surface area (Å²) in [5, 5.41) is 0. The molecule has 0 amide bonds. The summed E-state index contributed by atoms with van der Waals surface area (Å²) in [5.41, 5.74) is 12.1. The topological polar surface area (TPSA) is 64.4 Å². The van der Waals surface area contributed by atoms with Crippen molar-refractivity contribution >= 4 is 6.21 Å². The first-order chi connectivity index (χ1) is 4.51. The third-order valence-corrected chi connectivity index (χ3v) is 1.58. The summed E-state index contributed by atoms with van der Waals surface area (Å²) in [5.74, 6) is 0.614. The van der Waals surface area contributed by atoms with Gasteiger partial charge in [0.25, 0.3) is 0 Å². The van der Waals surface area contributed by atoms with Crippen molar-refractivity contribution in [3.8, 4) is 0 Å². The average Bonchev–Trinajstić information content (AvgIpc) is 1.79. The minimum absolute atomic E-state index is 0.299. The van der Waals surface area contributed by atoms with Crippen molar-refractivity contribution in [2.75, 3.05) is 0 Å². The number of aliphatic imine (C=N–C) groups is 1. The normalized spacial score (nSPS) is 33.1. The van der Waals surface area contributed by atoms with Crippen LogP contribution in [0.3, 0.4) is 0 Å². The number of hydrogen-bond acceptors (Lipinski definition) is 3. The lowest BCUT2D eigenvalue weighted by atomic mass is 9.94. The fourth-order valence-corrected chi connectivity index (χ4v) is 1.03. The van der Waals surface area contributed by atoms with Gasteiger partial charge in [-0.1, -0.05) is 0 Å². The minimum atomic E-state index is -0.299. The first-order valence-corrected chi connectivity index (χ1v) is 3.30. The molecule has 0 fully saturated rings. The first-order valence-electron chi connectivity index (χ1n) is 3.30. The molecule has 4 N–H and O–H groups in total. The molecule has 3 heteroatoms. The molecule has 10 heavy (non-hydrogen) atoms. The van der Waals surface area contributed by atoms with Gasteiger partial charge in [0.15, 0.2) is 0 Å². The van der Waals surface area contributed by atoms with Gasteiger partial charge in [-0.15, -0.1) is 0 Å². The molecular formula is C7H13N3. The van der Waals surface area contributed by atoms with Gasteiger partial charge in [-0.3, -0.25) is 0 Å². The van der Waals surface area contributed by atoms with Crippen LogP contribution in [0.1, 0.15) is 20.3 Å². The molecule has 0 aromatic heterocycles. The standard InChI is InChI=1S/C7H13N3/c1-5-3-7(2,9)4-10-6(5)8/h4H,3,8-9H2,1-2H3. The Morgan fingerprint density at radius 3 is 2.70 bits per heavy atom. The highest BCUT2D eigenvalue weighted by Gasteiger charge is 2.20. The van der Waals surface area contributed by atoms with Crippen LogP contribution in [-0.4, -0.2) is 11.8 Å². The van der Waals surface area contributed by atoms with Gasteiger partial charge < -0.3 is 11.5 Å².